The summed E-state index contributed by atoms with van der Waals surface area (Å²) in [6.45, 7) is 3.07. The number of carbonyl (C=O) groups is 1. The summed E-state index contributed by atoms with van der Waals surface area (Å²) in [4.78, 5) is 11.0. The molecule has 0 spiro atoms. The van der Waals surface area contributed by atoms with E-state index in [1.807, 2.05) is 6.92 Å². The first-order valence-electron chi connectivity index (χ1n) is 6.01. The normalized spacial score (nSPS) is 16.9. The predicted octanol–water partition coefficient (Wildman–Crippen LogP) is 1.56. The van der Waals surface area contributed by atoms with Gasteiger partial charge < -0.3 is 9.84 Å². The molecule has 1 aromatic rings. The molecule has 0 amide bonds. The third-order valence-corrected chi connectivity index (χ3v) is 5.51. The SMILES string of the molecule is CCOC1CN(S(=O)(=O)c2ccc(C(=O)O)c(Br)c2)C1. The van der Waals surface area contributed by atoms with Gasteiger partial charge in [-0.05, 0) is 41.1 Å². The Bertz CT molecular complexity index is 625. The molecule has 0 saturated carbocycles. The highest BCUT2D eigenvalue weighted by molar-refractivity contribution is 9.10. The molecule has 2 rings (SSSR count). The highest BCUT2D eigenvalue weighted by Crippen LogP contribution is 2.27. The third-order valence-electron chi connectivity index (χ3n) is 3.03. The Kier molecular flexibility index (Phi) is 4.48. The van der Waals surface area contributed by atoms with E-state index in [-0.39, 0.29) is 21.0 Å². The van der Waals surface area contributed by atoms with Crippen LogP contribution in [0.2, 0.25) is 0 Å². The molecular formula is C12H14BrNO5S. The summed E-state index contributed by atoms with van der Waals surface area (Å²) in [5.41, 5.74) is 0.0275. The van der Waals surface area contributed by atoms with Gasteiger partial charge in [-0.1, -0.05) is 0 Å². The number of carboxylic acid groups (broad SMARTS) is 1. The van der Waals surface area contributed by atoms with Crippen LogP contribution in [0.4, 0.5) is 0 Å². The van der Waals surface area contributed by atoms with Crippen molar-refractivity contribution in [2.45, 2.75) is 17.9 Å². The van der Waals surface area contributed by atoms with Gasteiger partial charge in [0.25, 0.3) is 0 Å². The van der Waals surface area contributed by atoms with Crippen LogP contribution in [0.15, 0.2) is 27.6 Å². The van der Waals surface area contributed by atoms with Gasteiger partial charge in [0.15, 0.2) is 0 Å². The van der Waals surface area contributed by atoms with Crippen LogP contribution < -0.4 is 0 Å². The number of halogens is 1. The number of carboxylic acids is 1. The Balaban J connectivity index is 2.19. The monoisotopic (exact) mass is 363 g/mol. The molecule has 1 aromatic carbocycles. The van der Waals surface area contributed by atoms with Gasteiger partial charge >= 0.3 is 5.97 Å². The summed E-state index contributed by atoms with van der Waals surface area (Å²) in [6, 6.07) is 3.89. The van der Waals surface area contributed by atoms with Crippen LogP contribution in [0.5, 0.6) is 0 Å². The van der Waals surface area contributed by atoms with E-state index in [4.69, 9.17) is 9.84 Å². The molecule has 1 saturated heterocycles. The third kappa shape index (κ3) is 2.88. The molecule has 0 bridgehead atoms. The Labute approximate surface area is 125 Å². The lowest BCUT2D eigenvalue weighted by atomic mass is 10.2. The van der Waals surface area contributed by atoms with Gasteiger partial charge in [0, 0.05) is 24.2 Å². The molecule has 0 aromatic heterocycles. The molecular weight excluding hydrogens is 350 g/mol. The summed E-state index contributed by atoms with van der Waals surface area (Å²) in [6.07, 6.45) is -0.0588. The second-order valence-electron chi connectivity index (χ2n) is 4.35. The Hall–Kier alpha value is -0.960. The Morgan fingerprint density at radius 3 is 2.65 bits per heavy atom. The minimum atomic E-state index is -3.59. The van der Waals surface area contributed by atoms with Gasteiger partial charge in [-0.3, -0.25) is 0 Å². The van der Waals surface area contributed by atoms with Crippen molar-refractivity contribution in [3.8, 4) is 0 Å². The molecule has 1 heterocycles. The molecule has 110 valence electrons. The van der Waals surface area contributed by atoms with Crippen LogP contribution in [0.25, 0.3) is 0 Å². The summed E-state index contributed by atoms with van der Waals surface area (Å²) < 4.78 is 31.5. The van der Waals surface area contributed by atoms with E-state index in [0.29, 0.717) is 19.7 Å². The quantitative estimate of drug-likeness (QED) is 0.857. The van der Waals surface area contributed by atoms with E-state index in [9.17, 15) is 13.2 Å². The topological polar surface area (TPSA) is 83.9 Å². The van der Waals surface area contributed by atoms with Crippen molar-refractivity contribution >= 4 is 31.9 Å². The van der Waals surface area contributed by atoms with E-state index < -0.39 is 16.0 Å². The number of benzene rings is 1. The number of sulfonamides is 1. The molecule has 1 aliphatic heterocycles. The van der Waals surface area contributed by atoms with Gasteiger partial charge in [0.05, 0.1) is 16.6 Å². The molecule has 0 atom stereocenters. The van der Waals surface area contributed by atoms with Gasteiger partial charge in [-0.25, -0.2) is 13.2 Å². The lowest BCUT2D eigenvalue weighted by Gasteiger charge is -2.37. The fourth-order valence-corrected chi connectivity index (χ4v) is 4.15. The van der Waals surface area contributed by atoms with Crippen molar-refractivity contribution in [2.75, 3.05) is 19.7 Å². The van der Waals surface area contributed by atoms with Crippen molar-refractivity contribution in [2.24, 2.45) is 0 Å². The molecule has 1 N–H and O–H groups in total. The molecule has 1 aliphatic rings. The molecule has 6 nitrogen and oxygen atoms in total. The van der Waals surface area contributed by atoms with Crippen LogP contribution in [-0.2, 0) is 14.8 Å². The van der Waals surface area contributed by atoms with Gasteiger partial charge in [-0.2, -0.15) is 4.31 Å². The van der Waals surface area contributed by atoms with Crippen LogP contribution in [0, 0.1) is 0 Å². The highest BCUT2D eigenvalue weighted by Gasteiger charge is 2.37. The van der Waals surface area contributed by atoms with Crippen molar-refractivity contribution in [3.05, 3.63) is 28.2 Å². The average Bonchev–Trinajstić information content (AvgIpc) is 2.32. The fraction of sp³-hybridized carbons (Fsp3) is 0.417. The first-order valence-corrected chi connectivity index (χ1v) is 8.24. The zero-order chi connectivity index (χ0) is 14.9. The van der Waals surface area contributed by atoms with Gasteiger partial charge in [-0.15, -0.1) is 0 Å². The zero-order valence-corrected chi connectivity index (χ0v) is 13.1. The molecule has 20 heavy (non-hydrogen) atoms. The Morgan fingerprint density at radius 2 is 2.15 bits per heavy atom. The van der Waals surface area contributed by atoms with Gasteiger partial charge in [0.1, 0.15) is 0 Å². The van der Waals surface area contributed by atoms with Crippen LogP contribution in [-0.4, -0.2) is 49.6 Å². The van der Waals surface area contributed by atoms with Crippen LogP contribution in [0.3, 0.4) is 0 Å². The van der Waals surface area contributed by atoms with Crippen molar-refractivity contribution in [1.82, 2.24) is 4.31 Å². The first kappa shape index (κ1) is 15.4. The predicted molar refractivity (Wildman–Crippen MR) is 75.3 cm³/mol. The minimum absolute atomic E-state index is 0.0275. The maximum Gasteiger partial charge on any atom is 0.336 e. The lowest BCUT2D eigenvalue weighted by molar-refractivity contribution is -0.0135. The highest BCUT2D eigenvalue weighted by atomic mass is 79.9. The second-order valence-corrected chi connectivity index (χ2v) is 7.14. The first-order chi connectivity index (χ1) is 9.36. The van der Waals surface area contributed by atoms with E-state index in [0.717, 1.165) is 0 Å². The average molecular weight is 364 g/mol. The summed E-state index contributed by atoms with van der Waals surface area (Å²) in [7, 11) is -3.59. The number of nitrogens with zero attached hydrogens (tertiary/aromatic N) is 1. The summed E-state index contributed by atoms with van der Waals surface area (Å²) >= 11 is 3.08. The number of hydrogen-bond donors (Lipinski definition) is 1. The smallest absolute Gasteiger partial charge is 0.336 e. The van der Waals surface area contributed by atoms with E-state index in [1.54, 1.807) is 0 Å². The lowest BCUT2D eigenvalue weighted by Crippen LogP contribution is -2.54. The maximum atomic E-state index is 12.3. The van der Waals surface area contributed by atoms with Crippen molar-refractivity contribution in [3.63, 3.8) is 0 Å². The van der Waals surface area contributed by atoms with Crippen LogP contribution in [0.1, 0.15) is 17.3 Å². The number of rotatable bonds is 5. The van der Waals surface area contributed by atoms with E-state index in [2.05, 4.69) is 15.9 Å². The molecule has 8 heteroatoms. The van der Waals surface area contributed by atoms with E-state index >= 15 is 0 Å². The van der Waals surface area contributed by atoms with Crippen LogP contribution >= 0.6 is 15.9 Å². The van der Waals surface area contributed by atoms with Gasteiger partial charge in [0.2, 0.25) is 10.0 Å². The summed E-state index contributed by atoms with van der Waals surface area (Å²) in [5, 5.41) is 8.91. The zero-order valence-electron chi connectivity index (χ0n) is 10.7. The number of ether oxygens (including phenoxy) is 1. The second kappa shape index (κ2) is 5.80. The van der Waals surface area contributed by atoms with Crippen molar-refractivity contribution < 1.29 is 23.1 Å². The van der Waals surface area contributed by atoms with E-state index in [1.165, 1.54) is 22.5 Å². The molecule has 0 aliphatic carbocycles. The molecule has 0 radical (unpaired) electrons. The Morgan fingerprint density at radius 1 is 1.50 bits per heavy atom. The summed E-state index contributed by atoms with van der Waals surface area (Å²) in [5.74, 6) is -1.11. The minimum Gasteiger partial charge on any atom is -0.478 e. The standard InChI is InChI=1S/C12H14BrNO5S/c1-2-19-8-6-14(7-8)20(17,18)9-3-4-10(12(15)16)11(13)5-9/h3-5,8H,2,6-7H2,1H3,(H,15,16). The fourth-order valence-electron chi connectivity index (χ4n) is 1.92. The maximum absolute atomic E-state index is 12.3. The molecule has 0 unspecified atom stereocenters. The van der Waals surface area contributed by atoms with Crippen molar-refractivity contribution in [1.29, 1.82) is 0 Å². The largest absolute Gasteiger partial charge is 0.478 e. The number of aromatic carboxylic acids is 1. The molecule has 1 fully saturated rings. The number of hydrogen-bond acceptors (Lipinski definition) is 4.